The summed E-state index contributed by atoms with van der Waals surface area (Å²) in [4.78, 5) is 11.8. The minimum absolute atomic E-state index is 0.140. The van der Waals surface area contributed by atoms with Gasteiger partial charge in [-0.2, -0.15) is 10.2 Å². The molecule has 18 heavy (non-hydrogen) atoms. The third-order valence-corrected chi connectivity index (χ3v) is 3.39. The smallest absolute Gasteiger partial charge is 0.270 e. The number of aromatic nitrogens is 4. The Morgan fingerprint density at radius 2 is 2.28 bits per heavy atom. The van der Waals surface area contributed by atoms with Gasteiger partial charge in [-0.25, -0.2) is 13.5 Å². The Labute approximate surface area is 110 Å². The van der Waals surface area contributed by atoms with Gasteiger partial charge in [0.25, 0.3) is 12.3 Å². The van der Waals surface area contributed by atoms with Crippen LogP contribution < -0.4 is 0 Å². The molecule has 0 spiro atoms. The summed E-state index contributed by atoms with van der Waals surface area (Å²) >= 11 is 3.04. The van der Waals surface area contributed by atoms with E-state index in [1.807, 2.05) is 0 Å². The predicted octanol–water partition coefficient (Wildman–Crippen LogP) is 2.43. The molecule has 0 saturated heterocycles. The van der Waals surface area contributed by atoms with Crippen molar-refractivity contribution in [3.63, 3.8) is 0 Å². The van der Waals surface area contributed by atoms with Crippen LogP contribution in [0, 0.1) is 6.92 Å². The van der Waals surface area contributed by atoms with E-state index >= 15 is 0 Å². The summed E-state index contributed by atoms with van der Waals surface area (Å²) in [6, 6.07) is 1.61. The number of carbonyl (C=O) groups is 1. The van der Waals surface area contributed by atoms with Gasteiger partial charge in [-0.1, -0.05) is 0 Å². The van der Waals surface area contributed by atoms with Crippen LogP contribution in [0.4, 0.5) is 8.78 Å². The molecule has 8 heteroatoms. The van der Waals surface area contributed by atoms with Gasteiger partial charge in [0.1, 0.15) is 12.2 Å². The lowest BCUT2D eigenvalue weighted by Gasteiger charge is -2.03. The molecule has 0 aliphatic carbocycles. The van der Waals surface area contributed by atoms with Gasteiger partial charge in [-0.15, -0.1) is 0 Å². The third-order valence-electron chi connectivity index (χ3n) is 2.41. The zero-order valence-electron chi connectivity index (χ0n) is 9.35. The van der Waals surface area contributed by atoms with E-state index in [2.05, 4.69) is 26.1 Å². The molecule has 0 fully saturated rings. The van der Waals surface area contributed by atoms with E-state index < -0.39 is 6.43 Å². The van der Waals surface area contributed by atoms with Crippen molar-refractivity contribution in [2.24, 2.45) is 0 Å². The maximum absolute atomic E-state index is 12.6. The Balaban J connectivity index is 2.25. The molecule has 0 unspecified atom stereocenters. The van der Waals surface area contributed by atoms with E-state index in [4.69, 9.17) is 0 Å². The number of hydrogen-bond donors (Lipinski definition) is 0. The molecule has 2 aromatic rings. The average Bonchev–Trinajstić information content (AvgIpc) is 2.92. The van der Waals surface area contributed by atoms with Crippen LogP contribution in [0.2, 0.25) is 0 Å². The molecular weight excluding hydrogens is 310 g/mol. The van der Waals surface area contributed by atoms with Crippen molar-refractivity contribution in [3.05, 3.63) is 34.3 Å². The Morgan fingerprint density at radius 1 is 1.56 bits per heavy atom. The van der Waals surface area contributed by atoms with Crippen LogP contribution in [0.3, 0.4) is 0 Å². The van der Waals surface area contributed by atoms with Crippen LogP contribution >= 0.6 is 15.9 Å². The van der Waals surface area contributed by atoms with E-state index in [9.17, 15) is 13.6 Å². The van der Waals surface area contributed by atoms with E-state index in [0.717, 1.165) is 4.68 Å². The van der Waals surface area contributed by atoms with Crippen molar-refractivity contribution in [1.82, 2.24) is 19.6 Å². The van der Waals surface area contributed by atoms with Gasteiger partial charge in [0.2, 0.25) is 0 Å². The molecule has 2 aromatic heterocycles. The second kappa shape index (κ2) is 4.97. The van der Waals surface area contributed by atoms with Gasteiger partial charge in [0.05, 0.1) is 10.2 Å². The quantitative estimate of drug-likeness (QED) is 0.873. The van der Waals surface area contributed by atoms with E-state index in [1.165, 1.54) is 17.1 Å². The highest BCUT2D eigenvalue weighted by Gasteiger charge is 2.21. The van der Waals surface area contributed by atoms with Crippen molar-refractivity contribution in [2.45, 2.75) is 19.9 Å². The molecule has 96 valence electrons. The summed E-state index contributed by atoms with van der Waals surface area (Å²) in [5.41, 5.74) is 0.117. The summed E-state index contributed by atoms with van der Waals surface area (Å²) in [6.07, 6.45) is 0.276. The van der Waals surface area contributed by atoms with Gasteiger partial charge in [-0.05, 0) is 28.9 Å². The van der Waals surface area contributed by atoms with Crippen molar-refractivity contribution in [3.8, 4) is 0 Å². The lowest BCUT2D eigenvalue weighted by Crippen LogP contribution is -2.19. The standard InChI is InChI=1S/C10H9BrF2N4O/c1-6-8(11)9(10(12)13)15-17(6)5-7(18)16-4-2-3-14-16/h2-4,10H,5H2,1H3. The fourth-order valence-corrected chi connectivity index (χ4v) is 1.91. The first-order chi connectivity index (χ1) is 8.50. The number of rotatable bonds is 3. The maximum Gasteiger partial charge on any atom is 0.283 e. The molecule has 0 aliphatic rings. The summed E-state index contributed by atoms with van der Waals surface area (Å²) in [5, 5.41) is 7.49. The number of halogens is 3. The van der Waals surface area contributed by atoms with Gasteiger partial charge in [0, 0.05) is 12.4 Å². The van der Waals surface area contributed by atoms with Crippen LogP contribution in [0.5, 0.6) is 0 Å². The zero-order chi connectivity index (χ0) is 13.3. The Morgan fingerprint density at radius 3 is 2.78 bits per heavy atom. The first kappa shape index (κ1) is 12.9. The number of nitrogens with zero attached hydrogens (tertiary/aromatic N) is 4. The third kappa shape index (κ3) is 2.33. The van der Waals surface area contributed by atoms with E-state index in [0.29, 0.717) is 5.69 Å². The predicted molar refractivity (Wildman–Crippen MR) is 62.5 cm³/mol. The zero-order valence-corrected chi connectivity index (χ0v) is 10.9. The van der Waals surface area contributed by atoms with Gasteiger partial charge >= 0.3 is 0 Å². The highest BCUT2D eigenvalue weighted by atomic mass is 79.9. The molecule has 0 N–H and O–H groups in total. The Kier molecular flexibility index (Phi) is 3.55. The molecule has 0 bridgehead atoms. The first-order valence-corrected chi connectivity index (χ1v) is 5.83. The molecule has 0 aromatic carbocycles. The van der Waals surface area contributed by atoms with Gasteiger partial charge < -0.3 is 0 Å². The fraction of sp³-hybridized carbons (Fsp3) is 0.300. The van der Waals surface area contributed by atoms with Crippen LogP contribution in [0.25, 0.3) is 0 Å². The minimum atomic E-state index is -2.68. The van der Waals surface area contributed by atoms with Crippen molar-refractivity contribution in [2.75, 3.05) is 0 Å². The van der Waals surface area contributed by atoms with Crippen LogP contribution in [-0.4, -0.2) is 25.5 Å². The monoisotopic (exact) mass is 318 g/mol. The molecular formula is C10H9BrF2N4O. The molecule has 0 atom stereocenters. The van der Waals surface area contributed by atoms with Crippen molar-refractivity contribution in [1.29, 1.82) is 0 Å². The summed E-state index contributed by atoms with van der Waals surface area (Å²) in [7, 11) is 0. The number of hydrogen-bond acceptors (Lipinski definition) is 3. The second-order valence-corrected chi connectivity index (χ2v) is 4.38. The molecule has 5 nitrogen and oxygen atoms in total. The topological polar surface area (TPSA) is 52.7 Å². The maximum atomic E-state index is 12.6. The Hall–Kier alpha value is -1.57. The summed E-state index contributed by atoms with van der Waals surface area (Å²) in [6.45, 7) is 1.47. The lowest BCUT2D eigenvalue weighted by atomic mass is 10.4. The van der Waals surface area contributed by atoms with Crippen LogP contribution in [0.15, 0.2) is 22.9 Å². The van der Waals surface area contributed by atoms with Crippen LogP contribution in [-0.2, 0) is 6.54 Å². The van der Waals surface area contributed by atoms with Crippen molar-refractivity contribution >= 4 is 21.8 Å². The fourth-order valence-electron chi connectivity index (χ4n) is 1.46. The molecule has 0 saturated carbocycles. The minimum Gasteiger partial charge on any atom is -0.270 e. The molecule has 2 rings (SSSR count). The number of alkyl halides is 2. The van der Waals surface area contributed by atoms with Gasteiger partial charge in [0.15, 0.2) is 0 Å². The Bertz CT molecular complexity index is 565. The van der Waals surface area contributed by atoms with E-state index in [-0.39, 0.29) is 22.6 Å². The molecule has 0 aliphatic heterocycles. The second-order valence-electron chi connectivity index (χ2n) is 3.59. The largest absolute Gasteiger partial charge is 0.283 e. The van der Waals surface area contributed by atoms with E-state index in [1.54, 1.807) is 13.0 Å². The average molecular weight is 319 g/mol. The normalized spacial score (nSPS) is 11.2. The highest BCUT2D eigenvalue weighted by Crippen LogP contribution is 2.28. The molecule has 0 radical (unpaired) electrons. The molecule has 2 heterocycles. The van der Waals surface area contributed by atoms with Crippen LogP contribution in [0.1, 0.15) is 22.6 Å². The molecule has 0 amide bonds. The SMILES string of the molecule is Cc1c(Br)c(C(F)F)nn1CC(=O)n1cccn1. The van der Waals surface area contributed by atoms with Crippen molar-refractivity contribution < 1.29 is 13.6 Å². The van der Waals surface area contributed by atoms with Gasteiger partial charge in [-0.3, -0.25) is 9.48 Å². The lowest BCUT2D eigenvalue weighted by molar-refractivity contribution is 0.0867. The first-order valence-electron chi connectivity index (χ1n) is 5.04. The summed E-state index contributed by atoms with van der Waals surface area (Å²) in [5.74, 6) is -0.348. The summed E-state index contributed by atoms with van der Waals surface area (Å²) < 4.78 is 27.8. The highest BCUT2D eigenvalue weighted by molar-refractivity contribution is 9.10. The number of carbonyl (C=O) groups excluding carboxylic acids is 1.